The van der Waals surface area contributed by atoms with Crippen molar-refractivity contribution in [2.24, 2.45) is 5.73 Å². The number of hydrogen-bond acceptors (Lipinski definition) is 3. The number of benzene rings is 2. The zero-order valence-corrected chi connectivity index (χ0v) is 13.8. The first-order valence-electron chi connectivity index (χ1n) is 7.22. The van der Waals surface area contributed by atoms with E-state index >= 15 is 0 Å². The van der Waals surface area contributed by atoms with Gasteiger partial charge in [-0.05, 0) is 23.3 Å². The average molecular weight is 380 g/mol. The van der Waals surface area contributed by atoms with Crippen molar-refractivity contribution in [2.75, 3.05) is 0 Å². The second kappa shape index (κ2) is 9.03. The quantitative estimate of drug-likeness (QED) is 0.716. The van der Waals surface area contributed by atoms with E-state index in [0.29, 0.717) is 12.0 Å². The molecule has 0 amide bonds. The van der Waals surface area contributed by atoms with Crippen LogP contribution < -0.4 is 10.5 Å². The third-order valence-corrected chi connectivity index (χ3v) is 3.48. The summed E-state index contributed by atoms with van der Waals surface area (Å²) >= 11 is 0. The van der Waals surface area contributed by atoms with Crippen LogP contribution in [-0.4, -0.2) is 23.7 Å². The number of nitrogens with two attached hydrogens (primary N) is 1. The van der Waals surface area contributed by atoms with Crippen LogP contribution in [-0.2, 0) is 6.42 Å². The van der Waals surface area contributed by atoms with Crippen LogP contribution in [0.25, 0.3) is 0 Å². The van der Waals surface area contributed by atoms with Crippen LogP contribution in [0.15, 0.2) is 54.6 Å². The lowest BCUT2D eigenvalue weighted by Gasteiger charge is -2.20. The fourth-order valence-corrected chi connectivity index (χ4v) is 2.16. The number of ether oxygens (including phenoxy) is 1. The Morgan fingerprint density at radius 3 is 2.08 bits per heavy atom. The van der Waals surface area contributed by atoms with E-state index in [1.807, 2.05) is 30.3 Å². The molecule has 8 heteroatoms. The van der Waals surface area contributed by atoms with Crippen molar-refractivity contribution in [1.29, 1.82) is 0 Å². The highest BCUT2D eigenvalue weighted by atomic mass is 35.5. The molecule has 25 heavy (non-hydrogen) atoms. The normalized spacial score (nSPS) is 13.9. The Labute approximate surface area is 148 Å². The maximum Gasteiger partial charge on any atom is 0.461 e. The highest BCUT2D eigenvalue weighted by Gasteiger charge is 2.43. The van der Waals surface area contributed by atoms with Crippen LogP contribution in [0.2, 0.25) is 0 Å². The van der Waals surface area contributed by atoms with E-state index in [9.17, 15) is 22.7 Å². The van der Waals surface area contributed by atoms with Crippen molar-refractivity contribution < 1.29 is 27.4 Å². The molecule has 0 aliphatic rings. The van der Waals surface area contributed by atoms with Gasteiger partial charge in [0.05, 0.1) is 12.1 Å². The van der Waals surface area contributed by atoms with E-state index in [1.54, 1.807) is 0 Å². The Morgan fingerprint density at radius 1 is 1.00 bits per heavy atom. The summed E-state index contributed by atoms with van der Waals surface area (Å²) in [6.45, 7) is 0. The second-order valence-electron chi connectivity index (χ2n) is 5.32. The largest absolute Gasteiger partial charge is 0.461 e. The Hall–Kier alpha value is -1.83. The van der Waals surface area contributed by atoms with Crippen molar-refractivity contribution >= 4 is 12.4 Å². The van der Waals surface area contributed by atoms with Crippen LogP contribution in [0.1, 0.15) is 17.2 Å². The van der Waals surface area contributed by atoms with Crippen molar-refractivity contribution in [3.8, 4) is 5.75 Å². The number of hydrogen-bond donors (Lipinski definition) is 2. The lowest BCUT2D eigenvalue weighted by atomic mass is 9.97. The first-order valence-corrected chi connectivity index (χ1v) is 7.22. The van der Waals surface area contributed by atoms with Gasteiger partial charge in [-0.25, -0.2) is 0 Å². The minimum absolute atomic E-state index is 0. The van der Waals surface area contributed by atoms with Crippen molar-refractivity contribution in [2.45, 2.75) is 31.1 Å². The lowest BCUT2D eigenvalue weighted by molar-refractivity contribution is -0.253. The molecule has 2 atom stereocenters. The van der Waals surface area contributed by atoms with E-state index in [2.05, 4.69) is 4.74 Å². The lowest BCUT2D eigenvalue weighted by Crippen LogP contribution is -2.33. The van der Waals surface area contributed by atoms with Gasteiger partial charge in [-0.3, -0.25) is 0 Å². The van der Waals surface area contributed by atoms with Crippen molar-refractivity contribution in [3.63, 3.8) is 0 Å². The van der Waals surface area contributed by atoms with E-state index < -0.39 is 30.4 Å². The Bertz CT molecular complexity index is 641. The maximum atomic E-state index is 12.8. The molecule has 0 heterocycles. The monoisotopic (exact) mass is 379 g/mol. The summed E-state index contributed by atoms with van der Waals surface area (Å²) in [5.41, 5.74) is 7.33. The topological polar surface area (TPSA) is 55.5 Å². The average Bonchev–Trinajstić information content (AvgIpc) is 2.55. The highest BCUT2D eigenvalue weighted by Crippen LogP contribution is 2.28. The third kappa shape index (κ3) is 5.88. The minimum Gasteiger partial charge on any atom is -0.428 e. The van der Waals surface area contributed by atoms with Gasteiger partial charge in [0.2, 0.25) is 0 Å². The van der Waals surface area contributed by atoms with Gasteiger partial charge >= 0.3 is 12.5 Å². The summed E-state index contributed by atoms with van der Waals surface area (Å²) < 4.78 is 53.8. The van der Waals surface area contributed by atoms with E-state index in [-0.39, 0.29) is 12.4 Å². The molecular formula is C17H18ClF4NO2. The molecule has 2 aromatic carbocycles. The van der Waals surface area contributed by atoms with Gasteiger partial charge in [0, 0.05) is 6.42 Å². The smallest absolute Gasteiger partial charge is 0.428 e. The number of aliphatic hydroxyl groups is 1. The first-order chi connectivity index (χ1) is 11.3. The van der Waals surface area contributed by atoms with Crippen LogP contribution in [0.4, 0.5) is 17.6 Å². The molecule has 0 fully saturated rings. The van der Waals surface area contributed by atoms with Crippen molar-refractivity contribution in [3.05, 3.63) is 65.7 Å². The molecule has 138 valence electrons. The molecule has 3 N–H and O–H groups in total. The molecule has 0 aromatic heterocycles. The summed E-state index contributed by atoms with van der Waals surface area (Å²) in [7, 11) is 0. The van der Waals surface area contributed by atoms with Gasteiger partial charge in [0.25, 0.3) is 0 Å². The van der Waals surface area contributed by atoms with E-state index in [1.165, 1.54) is 12.1 Å². The van der Waals surface area contributed by atoms with E-state index in [0.717, 1.165) is 17.7 Å². The molecule has 0 saturated carbocycles. The number of rotatable bonds is 7. The minimum atomic E-state index is -4.56. The summed E-state index contributed by atoms with van der Waals surface area (Å²) in [6.07, 6.45) is -9.05. The molecule has 2 aromatic rings. The Balaban J connectivity index is 0.00000312. The number of aliphatic hydroxyl groups excluding tert-OH is 1. The molecule has 0 aliphatic carbocycles. The van der Waals surface area contributed by atoms with Crippen molar-refractivity contribution in [1.82, 2.24) is 0 Å². The van der Waals surface area contributed by atoms with Gasteiger partial charge in [-0.1, -0.05) is 42.5 Å². The SMILES string of the molecule is Cl.N[C@@H](c1ccc(OC(F)(F)C(F)F)cc1)[C@H](O)Cc1ccccc1. The fraction of sp³-hybridized carbons (Fsp3) is 0.294. The van der Waals surface area contributed by atoms with Crippen LogP contribution in [0, 0.1) is 0 Å². The zero-order chi connectivity index (χ0) is 17.7. The highest BCUT2D eigenvalue weighted by molar-refractivity contribution is 5.85. The molecule has 0 saturated heterocycles. The zero-order valence-electron chi connectivity index (χ0n) is 13.0. The van der Waals surface area contributed by atoms with Gasteiger partial charge in [-0.2, -0.15) is 17.6 Å². The molecule has 0 spiro atoms. The van der Waals surface area contributed by atoms with Gasteiger partial charge < -0.3 is 15.6 Å². The molecule has 2 rings (SSSR count). The molecule has 0 aliphatic heterocycles. The fourth-order valence-electron chi connectivity index (χ4n) is 2.16. The first kappa shape index (κ1) is 21.2. The molecule has 3 nitrogen and oxygen atoms in total. The summed E-state index contributed by atoms with van der Waals surface area (Å²) in [4.78, 5) is 0. The molecular weight excluding hydrogens is 362 g/mol. The third-order valence-electron chi connectivity index (χ3n) is 3.48. The number of halogens is 5. The van der Waals surface area contributed by atoms with Crippen LogP contribution in [0.5, 0.6) is 5.75 Å². The summed E-state index contributed by atoms with van der Waals surface area (Å²) in [5.74, 6) is -0.409. The molecule has 0 bridgehead atoms. The Kier molecular flexibility index (Phi) is 7.66. The summed E-state index contributed by atoms with van der Waals surface area (Å²) in [6, 6.07) is 13.4. The van der Waals surface area contributed by atoms with Crippen LogP contribution >= 0.6 is 12.4 Å². The predicted octanol–water partition coefficient (Wildman–Crippen LogP) is 3.95. The number of alkyl halides is 4. The second-order valence-corrected chi connectivity index (χ2v) is 5.32. The Morgan fingerprint density at radius 2 is 1.56 bits per heavy atom. The van der Waals surface area contributed by atoms with Gasteiger partial charge in [-0.15, -0.1) is 12.4 Å². The molecule has 0 unspecified atom stereocenters. The predicted molar refractivity (Wildman–Crippen MR) is 88.4 cm³/mol. The summed E-state index contributed by atoms with van der Waals surface area (Å²) in [5, 5.41) is 10.2. The standard InChI is InChI=1S/C17H17F4NO2.ClH/c18-16(19)17(20,21)24-13-8-6-12(7-9-13)15(22)14(23)10-11-4-2-1-3-5-11;/h1-9,14-16,23H,10,22H2;1H/t14-,15+;/m1./s1. The van der Waals surface area contributed by atoms with Gasteiger partial charge in [0.1, 0.15) is 5.75 Å². The van der Waals surface area contributed by atoms with Gasteiger partial charge in [0.15, 0.2) is 0 Å². The van der Waals surface area contributed by atoms with Crippen LogP contribution in [0.3, 0.4) is 0 Å². The van der Waals surface area contributed by atoms with E-state index in [4.69, 9.17) is 5.73 Å². The molecule has 0 radical (unpaired) electrons. The maximum absolute atomic E-state index is 12.8.